The van der Waals surface area contributed by atoms with E-state index in [2.05, 4.69) is 21.4 Å². The first-order chi connectivity index (χ1) is 9.81. The lowest BCUT2D eigenvalue weighted by molar-refractivity contribution is 0.257. The molecule has 2 bridgehead atoms. The van der Waals surface area contributed by atoms with Gasteiger partial charge in [0.05, 0.1) is 11.9 Å². The first-order valence-corrected chi connectivity index (χ1v) is 7.03. The van der Waals surface area contributed by atoms with Gasteiger partial charge in [-0.1, -0.05) is 0 Å². The Morgan fingerprint density at radius 2 is 2.20 bits per heavy atom. The molecule has 0 radical (unpaired) electrons. The molecule has 102 valence electrons. The second-order valence-electron chi connectivity index (χ2n) is 5.67. The maximum Gasteiger partial charge on any atom is 0.251 e. The van der Waals surface area contributed by atoms with E-state index in [9.17, 15) is 4.79 Å². The molecule has 0 aromatic carbocycles. The van der Waals surface area contributed by atoms with Crippen LogP contribution < -0.4 is 10.9 Å². The molecule has 2 aromatic rings. The number of fused-ring (bicyclic) bond motifs is 4. The SMILES string of the molecule is O=c1cc(-c2cnccn2)cc2n1C[C@@H]1CNC[C@H]2C1. The Labute approximate surface area is 116 Å². The van der Waals surface area contributed by atoms with Crippen LogP contribution in [0.1, 0.15) is 18.0 Å². The van der Waals surface area contributed by atoms with Gasteiger partial charge in [0, 0.05) is 48.7 Å². The van der Waals surface area contributed by atoms with Crippen LogP contribution in [0.25, 0.3) is 11.3 Å². The largest absolute Gasteiger partial charge is 0.316 e. The van der Waals surface area contributed by atoms with E-state index in [1.807, 2.05) is 4.57 Å². The van der Waals surface area contributed by atoms with Gasteiger partial charge in [-0.05, 0) is 24.9 Å². The van der Waals surface area contributed by atoms with Crippen molar-refractivity contribution in [2.45, 2.75) is 18.9 Å². The summed E-state index contributed by atoms with van der Waals surface area (Å²) in [7, 11) is 0. The number of rotatable bonds is 1. The van der Waals surface area contributed by atoms with Gasteiger partial charge < -0.3 is 9.88 Å². The van der Waals surface area contributed by atoms with Gasteiger partial charge >= 0.3 is 0 Å². The van der Waals surface area contributed by atoms with Gasteiger partial charge in [0.2, 0.25) is 0 Å². The zero-order valence-electron chi connectivity index (χ0n) is 11.1. The van der Waals surface area contributed by atoms with Crippen LogP contribution in [0.4, 0.5) is 0 Å². The molecule has 1 N–H and O–H groups in total. The minimum Gasteiger partial charge on any atom is -0.316 e. The van der Waals surface area contributed by atoms with E-state index in [1.165, 1.54) is 6.42 Å². The number of piperidine rings is 1. The van der Waals surface area contributed by atoms with Crippen molar-refractivity contribution in [2.75, 3.05) is 13.1 Å². The van der Waals surface area contributed by atoms with E-state index in [4.69, 9.17) is 0 Å². The van der Waals surface area contributed by atoms with E-state index < -0.39 is 0 Å². The number of hydrogen-bond acceptors (Lipinski definition) is 4. The fourth-order valence-electron chi connectivity index (χ4n) is 3.40. The molecule has 2 aliphatic heterocycles. The van der Waals surface area contributed by atoms with Crippen LogP contribution in [-0.4, -0.2) is 27.6 Å². The molecule has 5 heteroatoms. The number of nitrogens with one attached hydrogen (secondary N) is 1. The molecule has 0 spiro atoms. The number of nitrogens with zero attached hydrogens (tertiary/aromatic N) is 3. The van der Waals surface area contributed by atoms with Crippen LogP contribution in [0.2, 0.25) is 0 Å². The molecule has 0 aliphatic carbocycles. The van der Waals surface area contributed by atoms with Gasteiger partial charge in [0.15, 0.2) is 0 Å². The maximum atomic E-state index is 12.4. The summed E-state index contributed by atoms with van der Waals surface area (Å²) in [4.78, 5) is 20.8. The summed E-state index contributed by atoms with van der Waals surface area (Å²) in [6.07, 6.45) is 6.18. The van der Waals surface area contributed by atoms with Crippen molar-refractivity contribution in [3.63, 3.8) is 0 Å². The lowest BCUT2D eigenvalue weighted by Crippen LogP contribution is -2.44. The Morgan fingerprint density at radius 3 is 3.05 bits per heavy atom. The summed E-state index contributed by atoms with van der Waals surface area (Å²) in [6, 6.07) is 3.79. The van der Waals surface area contributed by atoms with Crippen LogP contribution in [0.3, 0.4) is 0 Å². The van der Waals surface area contributed by atoms with E-state index in [0.717, 1.165) is 36.6 Å². The van der Waals surface area contributed by atoms with E-state index >= 15 is 0 Å². The first-order valence-electron chi connectivity index (χ1n) is 7.03. The zero-order valence-corrected chi connectivity index (χ0v) is 11.1. The molecule has 1 fully saturated rings. The minimum absolute atomic E-state index is 0.0831. The zero-order chi connectivity index (χ0) is 13.5. The van der Waals surface area contributed by atoms with Gasteiger partial charge in [-0.3, -0.25) is 14.8 Å². The maximum absolute atomic E-state index is 12.4. The smallest absolute Gasteiger partial charge is 0.251 e. The highest BCUT2D eigenvalue weighted by Gasteiger charge is 2.31. The van der Waals surface area contributed by atoms with Crippen molar-refractivity contribution in [3.8, 4) is 11.3 Å². The number of hydrogen-bond donors (Lipinski definition) is 1. The molecular formula is C15H16N4O. The van der Waals surface area contributed by atoms with Crippen LogP contribution in [0.15, 0.2) is 35.5 Å². The quantitative estimate of drug-likeness (QED) is 0.838. The molecule has 2 atom stereocenters. The molecule has 20 heavy (non-hydrogen) atoms. The van der Waals surface area contributed by atoms with Gasteiger partial charge in [-0.25, -0.2) is 0 Å². The molecule has 1 saturated heterocycles. The van der Waals surface area contributed by atoms with Gasteiger partial charge in [0.1, 0.15) is 0 Å². The Bertz CT molecular complexity index is 695. The molecular weight excluding hydrogens is 252 g/mol. The third-order valence-electron chi connectivity index (χ3n) is 4.32. The summed E-state index contributed by atoms with van der Waals surface area (Å²) >= 11 is 0. The number of pyridine rings is 1. The molecule has 4 rings (SSSR count). The van der Waals surface area contributed by atoms with Gasteiger partial charge in [0.25, 0.3) is 5.56 Å². The van der Waals surface area contributed by atoms with Crippen LogP contribution >= 0.6 is 0 Å². The predicted octanol–water partition coefficient (Wildman–Crippen LogP) is 1.01. The highest BCUT2D eigenvalue weighted by atomic mass is 16.1. The van der Waals surface area contributed by atoms with Crippen molar-refractivity contribution < 1.29 is 0 Å². The first kappa shape index (κ1) is 11.8. The Balaban J connectivity index is 1.86. The summed E-state index contributed by atoms with van der Waals surface area (Å²) in [5.74, 6) is 1.02. The normalized spacial score (nSPS) is 24.2. The standard InChI is InChI=1S/C15H16N4O/c20-15-5-11(13-8-16-1-2-18-13)4-14-12-3-10(6-17-7-12)9-19(14)15/h1-2,4-5,8,10,12,17H,3,6-7,9H2/t10-,12+/m0/s1. The van der Waals surface area contributed by atoms with Crippen LogP contribution in [-0.2, 0) is 6.54 Å². The topological polar surface area (TPSA) is 59.8 Å². The molecule has 5 nitrogen and oxygen atoms in total. The van der Waals surface area contributed by atoms with Crippen molar-refractivity contribution in [2.24, 2.45) is 5.92 Å². The molecule has 0 amide bonds. The summed E-state index contributed by atoms with van der Waals surface area (Å²) < 4.78 is 1.94. The average molecular weight is 268 g/mol. The van der Waals surface area contributed by atoms with Crippen molar-refractivity contribution in [1.82, 2.24) is 19.9 Å². The second-order valence-corrected chi connectivity index (χ2v) is 5.67. The lowest BCUT2D eigenvalue weighted by atomic mass is 9.84. The summed E-state index contributed by atoms with van der Waals surface area (Å²) in [5.41, 5.74) is 2.86. The van der Waals surface area contributed by atoms with Crippen LogP contribution in [0, 0.1) is 5.92 Å². The average Bonchev–Trinajstić information content (AvgIpc) is 2.49. The predicted molar refractivity (Wildman–Crippen MR) is 75.4 cm³/mol. The third kappa shape index (κ3) is 1.86. The van der Waals surface area contributed by atoms with E-state index in [1.54, 1.807) is 24.7 Å². The summed E-state index contributed by atoms with van der Waals surface area (Å²) in [5, 5.41) is 3.46. The van der Waals surface area contributed by atoms with Crippen molar-refractivity contribution >= 4 is 0 Å². The number of aromatic nitrogens is 3. The van der Waals surface area contributed by atoms with E-state index in [0.29, 0.717) is 11.8 Å². The highest BCUT2D eigenvalue weighted by Crippen LogP contribution is 2.33. The molecule has 0 unspecified atom stereocenters. The van der Waals surface area contributed by atoms with E-state index in [-0.39, 0.29) is 5.56 Å². The molecule has 2 aromatic heterocycles. The van der Waals surface area contributed by atoms with Crippen molar-refractivity contribution in [3.05, 3.63) is 46.8 Å². The van der Waals surface area contributed by atoms with Gasteiger partial charge in [-0.2, -0.15) is 0 Å². The Morgan fingerprint density at radius 1 is 1.25 bits per heavy atom. The molecule has 0 saturated carbocycles. The second kappa shape index (κ2) is 4.52. The Kier molecular flexibility index (Phi) is 2.67. The fourth-order valence-corrected chi connectivity index (χ4v) is 3.40. The summed E-state index contributed by atoms with van der Waals surface area (Å²) in [6.45, 7) is 2.81. The lowest BCUT2D eigenvalue weighted by Gasteiger charge is -2.37. The molecule has 4 heterocycles. The van der Waals surface area contributed by atoms with Crippen molar-refractivity contribution in [1.29, 1.82) is 0 Å². The molecule has 2 aliphatic rings. The minimum atomic E-state index is 0.0831. The van der Waals surface area contributed by atoms with Gasteiger partial charge in [-0.15, -0.1) is 0 Å². The third-order valence-corrected chi connectivity index (χ3v) is 4.32. The fraction of sp³-hybridized carbons (Fsp3) is 0.400. The van der Waals surface area contributed by atoms with Crippen LogP contribution in [0.5, 0.6) is 0 Å². The Hall–Kier alpha value is -2.01. The highest BCUT2D eigenvalue weighted by molar-refractivity contribution is 5.58. The monoisotopic (exact) mass is 268 g/mol.